The van der Waals surface area contributed by atoms with Gasteiger partial charge in [-0.05, 0) is 62.9 Å². The number of carbonyl (C=O) groups excluding carboxylic acids is 1. The van der Waals surface area contributed by atoms with E-state index in [2.05, 4.69) is 22.3 Å². The van der Waals surface area contributed by atoms with Gasteiger partial charge in [-0.2, -0.15) is 0 Å². The van der Waals surface area contributed by atoms with E-state index in [0.717, 1.165) is 50.4 Å². The average molecular weight is 374 g/mol. The Morgan fingerprint density at radius 1 is 1.07 bits per heavy atom. The van der Waals surface area contributed by atoms with Crippen LogP contribution < -0.4 is 14.8 Å². The van der Waals surface area contributed by atoms with Crippen LogP contribution in [0.1, 0.15) is 31.2 Å². The number of ether oxygens (including phenoxy) is 3. The Morgan fingerprint density at radius 2 is 1.81 bits per heavy atom. The van der Waals surface area contributed by atoms with Crippen LogP contribution in [0, 0.1) is 5.92 Å². The lowest BCUT2D eigenvalue weighted by Gasteiger charge is -2.28. The van der Waals surface area contributed by atoms with Crippen molar-refractivity contribution in [1.82, 2.24) is 10.2 Å². The summed E-state index contributed by atoms with van der Waals surface area (Å²) in [5.74, 6) is 1.89. The standard InChI is InChI=1S/C21H30N2O4/c24-21(17-5-9-25-10-6-17)22-18(15-23-7-1-2-8-23)13-16-3-4-19-20(14-16)27-12-11-26-19/h3-4,14,17-18H,1-2,5-13,15H2,(H,22,24). The molecule has 0 spiro atoms. The molecule has 0 aliphatic carbocycles. The summed E-state index contributed by atoms with van der Waals surface area (Å²) in [7, 11) is 0. The molecule has 0 radical (unpaired) electrons. The molecule has 0 saturated carbocycles. The molecule has 6 heteroatoms. The second kappa shape index (κ2) is 8.93. The van der Waals surface area contributed by atoms with Crippen LogP contribution in [0.15, 0.2) is 18.2 Å². The van der Waals surface area contributed by atoms with Gasteiger partial charge in [-0.25, -0.2) is 0 Å². The fourth-order valence-corrected chi connectivity index (χ4v) is 4.22. The summed E-state index contributed by atoms with van der Waals surface area (Å²) in [5, 5.41) is 3.33. The molecule has 148 valence electrons. The van der Waals surface area contributed by atoms with Gasteiger partial charge in [-0.15, -0.1) is 0 Å². The molecule has 1 N–H and O–H groups in total. The molecule has 3 aliphatic rings. The zero-order chi connectivity index (χ0) is 18.5. The van der Waals surface area contributed by atoms with Gasteiger partial charge >= 0.3 is 0 Å². The topological polar surface area (TPSA) is 60.0 Å². The summed E-state index contributed by atoms with van der Waals surface area (Å²) in [5.41, 5.74) is 1.18. The van der Waals surface area contributed by atoms with Crippen LogP contribution in [0.4, 0.5) is 0 Å². The molecule has 4 rings (SSSR count). The smallest absolute Gasteiger partial charge is 0.223 e. The molecule has 27 heavy (non-hydrogen) atoms. The molecule has 3 aliphatic heterocycles. The highest BCUT2D eigenvalue weighted by molar-refractivity contribution is 5.79. The summed E-state index contributed by atoms with van der Waals surface area (Å²) in [6, 6.07) is 6.25. The third-order valence-electron chi connectivity index (χ3n) is 5.70. The normalized spacial score (nSPS) is 21.8. The van der Waals surface area contributed by atoms with Gasteiger partial charge in [0.05, 0.1) is 0 Å². The summed E-state index contributed by atoms with van der Waals surface area (Å²) in [6.45, 7) is 5.74. The number of rotatable bonds is 6. The van der Waals surface area contributed by atoms with Gasteiger partial charge in [0.15, 0.2) is 11.5 Å². The number of carbonyl (C=O) groups is 1. The predicted octanol–water partition coefficient (Wildman–Crippen LogP) is 2.01. The minimum atomic E-state index is 0.0834. The van der Waals surface area contributed by atoms with E-state index >= 15 is 0 Å². The predicted molar refractivity (Wildman–Crippen MR) is 102 cm³/mol. The minimum Gasteiger partial charge on any atom is -0.486 e. The van der Waals surface area contributed by atoms with Crippen molar-refractivity contribution in [2.45, 2.75) is 38.1 Å². The molecular weight excluding hydrogens is 344 g/mol. The number of nitrogens with zero attached hydrogens (tertiary/aromatic N) is 1. The molecule has 2 saturated heterocycles. The monoisotopic (exact) mass is 374 g/mol. The number of hydrogen-bond acceptors (Lipinski definition) is 5. The van der Waals surface area contributed by atoms with Crippen LogP contribution in [0.5, 0.6) is 11.5 Å². The van der Waals surface area contributed by atoms with Crippen LogP contribution in [0.2, 0.25) is 0 Å². The van der Waals surface area contributed by atoms with E-state index in [1.807, 2.05) is 6.07 Å². The zero-order valence-electron chi connectivity index (χ0n) is 16.0. The van der Waals surface area contributed by atoms with Gasteiger partial charge in [0.2, 0.25) is 5.91 Å². The van der Waals surface area contributed by atoms with Crippen molar-refractivity contribution in [2.75, 3.05) is 46.1 Å². The Kier molecular flexibility index (Phi) is 6.14. The molecule has 6 nitrogen and oxygen atoms in total. The maximum atomic E-state index is 12.8. The van der Waals surface area contributed by atoms with Crippen LogP contribution in [-0.2, 0) is 16.0 Å². The molecular formula is C21H30N2O4. The number of fused-ring (bicyclic) bond motifs is 1. The summed E-state index contributed by atoms with van der Waals surface area (Å²) >= 11 is 0. The van der Waals surface area contributed by atoms with Crippen LogP contribution in [-0.4, -0.2) is 62.9 Å². The number of nitrogens with one attached hydrogen (secondary N) is 1. The SMILES string of the molecule is O=C(NC(Cc1ccc2c(c1)OCCO2)CN1CCCC1)C1CCOCC1. The molecule has 3 heterocycles. The first kappa shape index (κ1) is 18.6. The summed E-state index contributed by atoms with van der Waals surface area (Å²) in [6.07, 6.45) is 4.97. The van der Waals surface area contributed by atoms with Crippen molar-refractivity contribution in [3.63, 3.8) is 0 Å². The van der Waals surface area contributed by atoms with Crippen molar-refractivity contribution in [2.24, 2.45) is 5.92 Å². The first-order valence-corrected chi connectivity index (χ1v) is 10.3. The number of likely N-dealkylation sites (tertiary alicyclic amines) is 1. The second-order valence-electron chi connectivity index (χ2n) is 7.78. The maximum absolute atomic E-state index is 12.8. The average Bonchev–Trinajstić information content (AvgIpc) is 3.21. The lowest BCUT2D eigenvalue weighted by molar-refractivity contribution is -0.128. The Morgan fingerprint density at radius 3 is 2.59 bits per heavy atom. The van der Waals surface area contributed by atoms with E-state index in [4.69, 9.17) is 14.2 Å². The fraction of sp³-hybridized carbons (Fsp3) is 0.667. The van der Waals surface area contributed by atoms with Gasteiger partial charge < -0.3 is 24.4 Å². The van der Waals surface area contributed by atoms with Gasteiger partial charge in [0, 0.05) is 31.7 Å². The van der Waals surface area contributed by atoms with Crippen molar-refractivity contribution in [1.29, 1.82) is 0 Å². The molecule has 1 unspecified atom stereocenters. The van der Waals surface area contributed by atoms with Crippen molar-refractivity contribution < 1.29 is 19.0 Å². The van der Waals surface area contributed by atoms with E-state index in [0.29, 0.717) is 26.4 Å². The largest absolute Gasteiger partial charge is 0.486 e. The number of hydrogen-bond donors (Lipinski definition) is 1. The van der Waals surface area contributed by atoms with E-state index in [1.165, 1.54) is 18.4 Å². The Labute approximate surface area is 161 Å². The molecule has 1 aromatic carbocycles. The fourth-order valence-electron chi connectivity index (χ4n) is 4.22. The van der Waals surface area contributed by atoms with E-state index < -0.39 is 0 Å². The summed E-state index contributed by atoms with van der Waals surface area (Å²) < 4.78 is 16.7. The van der Waals surface area contributed by atoms with Crippen LogP contribution in [0.3, 0.4) is 0 Å². The molecule has 1 aromatic rings. The van der Waals surface area contributed by atoms with Crippen LogP contribution in [0.25, 0.3) is 0 Å². The molecule has 0 bridgehead atoms. The van der Waals surface area contributed by atoms with Crippen molar-refractivity contribution in [3.05, 3.63) is 23.8 Å². The lowest BCUT2D eigenvalue weighted by atomic mass is 9.98. The van der Waals surface area contributed by atoms with E-state index in [-0.39, 0.29) is 17.9 Å². The Hall–Kier alpha value is -1.79. The highest BCUT2D eigenvalue weighted by Crippen LogP contribution is 2.31. The van der Waals surface area contributed by atoms with Crippen LogP contribution >= 0.6 is 0 Å². The Bertz CT molecular complexity index is 639. The molecule has 0 aromatic heterocycles. The highest BCUT2D eigenvalue weighted by Gasteiger charge is 2.26. The number of benzene rings is 1. The van der Waals surface area contributed by atoms with Gasteiger partial charge in [-0.3, -0.25) is 4.79 Å². The molecule has 2 fully saturated rings. The molecule has 1 atom stereocenters. The quantitative estimate of drug-likeness (QED) is 0.825. The minimum absolute atomic E-state index is 0.0834. The third-order valence-corrected chi connectivity index (χ3v) is 5.70. The van der Waals surface area contributed by atoms with Crippen molar-refractivity contribution in [3.8, 4) is 11.5 Å². The van der Waals surface area contributed by atoms with E-state index in [9.17, 15) is 4.79 Å². The van der Waals surface area contributed by atoms with Gasteiger partial charge in [-0.1, -0.05) is 6.07 Å². The second-order valence-corrected chi connectivity index (χ2v) is 7.78. The first-order valence-electron chi connectivity index (χ1n) is 10.3. The van der Waals surface area contributed by atoms with Crippen molar-refractivity contribution >= 4 is 5.91 Å². The lowest BCUT2D eigenvalue weighted by Crippen LogP contribution is -2.47. The third kappa shape index (κ3) is 4.93. The number of amides is 1. The first-order chi connectivity index (χ1) is 13.3. The van der Waals surface area contributed by atoms with Gasteiger partial charge in [0.1, 0.15) is 13.2 Å². The summed E-state index contributed by atoms with van der Waals surface area (Å²) in [4.78, 5) is 15.2. The molecule has 1 amide bonds. The maximum Gasteiger partial charge on any atom is 0.223 e. The Balaban J connectivity index is 1.42. The highest BCUT2D eigenvalue weighted by atomic mass is 16.6. The van der Waals surface area contributed by atoms with E-state index in [1.54, 1.807) is 0 Å². The zero-order valence-corrected chi connectivity index (χ0v) is 16.0. The van der Waals surface area contributed by atoms with Gasteiger partial charge in [0.25, 0.3) is 0 Å².